The molecule has 2 N–H and O–H groups in total. The lowest BCUT2D eigenvalue weighted by atomic mass is 9.78. The maximum atomic E-state index is 13.6. The highest BCUT2D eigenvalue weighted by Gasteiger charge is 2.36. The van der Waals surface area contributed by atoms with Gasteiger partial charge in [-0.15, -0.1) is 0 Å². The maximum Gasteiger partial charge on any atom is 0.253 e. The maximum absolute atomic E-state index is 13.6. The molecule has 268 valence electrons. The molecule has 3 aromatic rings. The quantitative estimate of drug-likeness (QED) is 0.0858. The van der Waals surface area contributed by atoms with E-state index >= 15 is 0 Å². The standard InChI is InChI=1S/C43H53N5O3/c1-8-30-10-14-33(15-11-30)34-18-20-35(21-19-34)37-24-45-40(46-25-37)36-16-12-31(13-17-36)22-39(42(51)48-26-38(27-48)28(3)49)47-41(50)32(9-2)23-44-29(4)43(5,6)7/h9,12-13,16-21,23-25,30,33,38-39,49H,2-3,8,10-11,14-15,22,26-27H2,1,4-7H3,(H,47,50)/b32-23+,44-29?/t30?,33?,39-/m0/s1. The number of carbonyl (C=O) groups excluding carboxylic acids is 2. The van der Waals surface area contributed by atoms with Gasteiger partial charge in [0.2, 0.25) is 5.91 Å². The number of nitrogens with zero attached hydrogens (tertiary/aromatic N) is 4. The number of hydrogen-bond acceptors (Lipinski definition) is 6. The van der Waals surface area contributed by atoms with Gasteiger partial charge in [-0.1, -0.05) is 102 Å². The summed E-state index contributed by atoms with van der Waals surface area (Å²) >= 11 is 0. The molecule has 0 unspecified atom stereocenters. The van der Waals surface area contributed by atoms with Crippen molar-refractivity contribution in [3.05, 3.63) is 109 Å². The summed E-state index contributed by atoms with van der Waals surface area (Å²) in [5.41, 5.74) is 6.20. The highest BCUT2D eigenvalue weighted by atomic mass is 16.3. The Morgan fingerprint density at radius 2 is 1.59 bits per heavy atom. The predicted octanol–water partition coefficient (Wildman–Crippen LogP) is 8.63. The minimum Gasteiger partial charge on any atom is -0.513 e. The van der Waals surface area contributed by atoms with Crippen molar-refractivity contribution in [3.63, 3.8) is 0 Å². The number of aliphatic imine (C=N–C) groups is 1. The van der Waals surface area contributed by atoms with Gasteiger partial charge in [0.1, 0.15) is 6.04 Å². The normalized spacial score (nSPS) is 19.2. The Hall–Kier alpha value is -4.85. The SMILES string of the molecule is C=C/C(=C\N=C(C)C(C)(C)C)C(=O)N[C@@H](Cc1ccc(-c2ncc(-c3ccc(C4CCC(CC)CC4)cc3)cn2)cc1)C(=O)N1CC(C(=C)O)C1. The molecule has 1 aliphatic carbocycles. The van der Waals surface area contributed by atoms with Crippen LogP contribution in [-0.2, 0) is 16.0 Å². The molecule has 0 bridgehead atoms. The topological polar surface area (TPSA) is 108 Å². The zero-order chi connectivity index (χ0) is 36.7. The van der Waals surface area contributed by atoms with Gasteiger partial charge in [0.25, 0.3) is 5.91 Å². The van der Waals surface area contributed by atoms with Crippen molar-refractivity contribution in [2.75, 3.05) is 13.1 Å². The highest BCUT2D eigenvalue weighted by molar-refractivity contribution is 5.99. The number of aliphatic hydroxyl groups excluding tert-OH is 1. The van der Waals surface area contributed by atoms with E-state index in [0.717, 1.165) is 33.9 Å². The van der Waals surface area contributed by atoms with Crippen LogP contribution in [0.2, 0.25) is 0 Å². The molecule has 1 aliphatic heterocycles. The number of benzene rings is 2. The van der Waals surface area contributed by atoms with Gasteiger partial charge in [0.05, 0.1) is 17.3 Å². The summed E-state index contributed by atoms with van der Waals surface area (Å²) in [7, 11) is 0. The summed E-state index contributed by atoms with van der Waals surface area (Å²) in [6, 6.07) is 15.8. The Labute approximate surface area is 303 Å². The molecule has 2 aliphatic rings. The van der Waals surface area contributed by atoms with Crippen LogP contribution >= 0.6 is 0 Å². The van der Waals surface area contributed by atoms with Crippen molar-refractivity contribution in [3.8, 4) is 22.5 Å². The van der Waals surface area contributed by atoms with Crippen molar-refractivity contribution in [2.45, 2.75) is 85.1 Å². The summed E-state index contributed by atoms with van der Waals surface area (Å²) < 4.78 is 0. The zero-order valence-electron chi connectivity index (χ0n) is 30.9. The first kappa shape index (κ1) is 37.4. The second kappa shape index (κ2) is 16.4. The third kappa shape index (κ3) is 9.48. The van der Waals surface area contributed by atoms with E-state index in [4.69, 9.17) is 0 Å². The van der Waals surface area contributed by atoms with Gasteiger partial charge in [-0.3, -0.25) is 14.6 Å². The minimum atomic E-state index is -0.833. The van der Waals surface area contributed by atoms with E-state index in [-0.39, 0.29) is 35.0 Å². The van der Waals surface area contributed by atoms with Crippen molar-refractivity contribution in [2.24, 2.45) is 22.2 Å². The molecule has 0 radical (unpaired) electrons. The number of aliphatic hydroxyl groups is 1. The molecule has 51 heavy (non-hydrogen) atoms. The molecule has 5 rings (SSSR count). The average Bonchev–Trinajstić information content (AvgIpc) is 3.10. The molecule has 8 nitrogen and oxygen atoms in total. The molecule has 2 fully saturated rings. The first-order valence-corrected chi connectivity index (χ1v) is 18.2. The lowest BCUT2D eigenvalue weighted by Gasteiger charge is -2.40. The molecule has 2 amide bonds. The van der Waals surface area contributed by atoms with Crippen molar-refractivity contribution < 1.29 is 14.7 Å². The fraction of sp³-hybridized carbons (Fsp3) is 0.419. The minimum absolute atomic E-state index is 0.0621. The van der Waals surface area contributed by atoms with Crippen molar-refractivity contribution >= 4 is 17.5 Å². The first-order valence-electron chi connectivity index (χ1n) is 18.2. The first-order chi connectivity index (χ1) is 24.4. The Bertz CT molecular complexity index is 1750. The second-order valence-corrected chi connectivity index (χ2v) is 15.2. The van der Waals surface area contributed by atoms with Gasteiger partial charge in [-0.2, -0.15) is 0 Å². The van der Waals surface area contributed by atoms with E-state index in [1.165, 1.54) is 49.9 Å². The summed E-state index contributed by atoms with van der Waals surface area (Å²) in [4.78, 5) is 42.4. The predicted molar refractivity (Wildman–Crippen MR) is 206 cm³/mol. The smallest absolute Gasteiger partial charge is 0.253 e. The van der Waals surface area contributed by atoms with Crippen LogP contribution in [-0.4, -0.2) is 56.6 Å². The van der Waals surface area contributed by atoms with Crippen molar-refractivity contribution in [1.29, 1.82) is 0 Å². The second-order valence-electron chi connectivity index (χ2n) is 15.2. The van der Waals surface area contributed by atoms with E-state index in [9.17, 15) is 14.7 Å². The van der Waals surface area contributed by atoms with E-state index in [1.54, 1.807) is 4.90 Å². The number of carbonyl (C=O) groups is 2. The van der Waals surface area contributed by atoms with Crippen LogP contribution in [0.3, 0.4) is 0 Å². The Morgan fingerprint density at radius 3 is 2.14 bits per heavy atom. The molecule has 2 heterocycles. The van der Waals surface area contributed by atoms with Gasteiger partial charge >= 0.3 is 0 Å². The third-order valence-electron chi connectivity index (χ3n) is 10.7. The van der Waals surface area contributed by atoms with E-state index in [2.05, 4.69) is 64.6 Å². The van der Waals surface area contributed by atoms with Crippen LogP contribution < -0.4 is 5.32 Å². The molecule has 0 spiro atoms. The lowest BCUT2D eigenvalue weighted by molar-refractivity contribution is -0.141. The third-order valence-corrected chi connectivity index (χ3v) is 10.7. The number of likely N-dealkylation sites (tertiary alicyclic amines) is 1. The van der Waals surface area contributed by atoms with Gasteiger partial charge in [-0.25, -0.2) is 9.97 Å². The van der Waals surface area contributed by atoms with Crippen LogP contribution in [0.1, 0.15) is 83.8 Å². The van der Waals surface area contributed by atoms with Gasteiger partial charge < -0.3 is 15.3 Å². The van der Waals surface area contributed by atoms with Crippen LogP contribution in [0, 0.1) is 17.3 Å². The van der Waals surface area contributed by atoms with Crippen molar-refractivity contribution in [1.82, 2.24) is 20.2 Å². The average molecular weight is 688 g/mol. The van der Waals surface area contributed by atoms with Crippen LogP contribution in [0.15, 0.2) is 103 Å². The fourth-order valence-corrected chi connectivity index (χ4v) is 6.60. The summed E-state index contributed by atoms with van der Waals surface area (Å²) in [6.45, 7) is 18.5. The number of nitrogens with one attached hydrogen (secondary N) is 1. The van der Waals surface area contributed by atoms with Crippen LogP contribution in [0.25, 0.3) is 22.5 Å². The molecule has 1 atom stereocenters. The largest absolute Gasteiger partial charge is 0.513 e. The molecule has 1 saturated heterocycles. The molecule has 1 aromatic heterocycles. The Morgan fingerprint density at radius 1 is 0.980 bits per heavy atom. The van der Waals surface area contributed by atoms with Crippen LogP contribution in [0.4, 0.5) is 0 Å². The summed E-state index contributed by atoms with van der Waals surface area (Å²) in [6.07, 6.45) is 13.4. The number of hydrogen-bond donors (Lipinski definition) is 2. The van der Waals surface area contributed by atoms with E-state index in [1.807, 2.05) is 64.4 Å². The molecular weight excluding hydrogens is 635 g/mol. The molecule has 1 saturated carbocycles. The highest BCUT2D eigenvalue weighted by Crippen LogP contribution is 2.37. The van der Waals surface area contributed by atoms with Gasteiger partial charge in [-0.05, 0) is 66.5 Å². The number of rotatable bonds is 12. The van der Waals surface area contributed by atoms with Crippen LogP contribution in [0.5, 0.6) is 0 Å². The Balaban J connectivity index is 1.26. The molecule has 8 heteroatoms. The molecular formula is C43H53N5O3. The van der Waals surface area contributed by atoms with Gasteiger partial charge in [0.15, 0.2) is 5.82 Å². The Kier molecular flexibility index (Phi) is 12.1. The summed E-state index contributed by atoms with van der Waals surface area (Å²) in [5, 5.41) is 12.7. The van der Waals surface area contributed by atoms with E-state index < -0.39 is 11.9 Å². The monoisotopic (exact) mass is 687 g/mol. The van der Waals surface area contributed by atoms with Gasteiger partial charge in [0, 0.05) is 54.9 Å². The summed E-state index contributed by atoms with van der Waals surface area (Å²) in [5.74, 6) is 1.40. The zero-order valence-corrected chi connectivity index (χ0v) is 30.9. The fourth-order valence-electron chi connectivity index (χ4n) is 6.60. The van der Waals surface area contributed by atoms with E-state index in [0.29, 0.717) is 24.8 Å². The molecule has 2 aromatic carbocycles. The number of amides is 2. The lowest BCUT2D eigenvalue weighted by Crippen LogP contribution is -2.58. The number of aromatic nitrogens is 2.